The van der Waals surface area contributed by atoms with E-state index >= 15 is 0 Å². The minimum atomic E-state index is 0.172. The lowest BCUT2D eigenvalue weighted by atomic mass is 9.97. The number of nitrogens with one attached hydrogen (secondary N) is 1. The molecule has 1 aliphatic rings. The summed E-state index contributed by atoms with van der Waals surface area (Å²) in [7, 11) is 0. The summed E-state index contributed by atoms with van der Waals surface area (Å²) in [5.41, 5.74) is 1.43. The van der Waals surface area contributed by atoms with Gasteiger partial charge in [-0.05, 0) is 34.1 Å². The largest absolute Gasteiger partial charge is 0.363 e. The number of piperazine rings is 1. The predicted octanol–water partition coefficient (Wildman–Crippen LogP) is 2.43. The Labute approximate surface area is 110 Å². The molecule has 4 nitrogen and oxygen atoms in total. The molecule has 0 saturated carbocycles. The fraction of sp³-hybridized carbons (Fsp3) is 0.786. The van der Waals surface area contributed by atoms with E-state index in [0.717, 1.165) is 19.5 Å². The lowest BCUT2D eigenvalue weighted by Crippen LogP contribution is -2.61. The average Bonchev–Trinajstić information content (AvgIpc) is 2.77. The van der Waals surface area contributed by atoms with Gasteiger partial charge in [-0.25, -0.2) is 0 Å². The van der Waals surface area contributed by atoms with Gasteiger partial charge in [-0.15, -0.1) is 0 Å². The predicted molar refractivity (Wildman–Crippen MR) is 76.1 cm³/mol. The minimum absolute atomic E-state index is 0.172. The van der Waals surface area contributed by atoms with Gasteiger partial charge in [0.1, 0.15) is 0 Å². The van der Waals surface area contributed by atoms with Crippen LogP contribution in [0.2, 0.25) is 0 Å². The average molecular weight is 250 g/mol. The van der Waals surface area contributed by atoms with Crippen LogP contribution in [0.4, 0.5) is 5.69 Å². The van der Waals surface area contributed by atoms with E-state index in [2.05, 4.69) is 56.1 Å². The third-order valence-electron chi connectivity index (χ3n) is 3.74. The zero-order valence-electron chi connectivity index (χ0n) is 12.3. The molecule has 1 N–H and O–H groups in total. The maximum absolute atomic E-state index is 4.46. The van der Waals surface area contributed by atoms with Crippen molar-refractivity contribution in [2.24, 2.45) is 0 Å². The maximum atomic E-state index is 4.46. The molecule has 0 spiro atoms. The summed E-state index contributed by atoms with van der Waals surface area (Å²) in [6.07, 6.45) is 5.34. The van der Waals surface area contributed by atoms with Gasteiger partial charge in [-0.1, -0.05) is 6.92 Å². The highest BCUT2D eigenvalue weighted by molar-refractivity contribution is 5.45. The molecule has 1 unspecified atom stereocenters. The van der Waals surface area contributed by atoms with Gasteiger partial charge in [0, 0.05) is 36.9 Å². The molecule has 1 fully saturated rings. The van der Waals surface area contributed by atoms with Crippen molar-refractivity contribution in [1.29, 1.82) is 0 Å². The van der Waals surface area contributed by atoms with E-state index < -0.39 is 0 Å². The van der Waals surface area contributed by atoms with Crippen LogP contribution in [-0.4, -0.2) is 34.5 Å². The Morgan fingerprint density at radius 3 is 2.78 bits per heavy atom. The second kappa shape index (κ2) is 4.92. The van der Waals surface area contributed by atoms with Gasteiger partial charge in [0.2, 0.25) is 0 Å². The fourth-order valence-electron chi connectivity index (χ4n) is 2.54. The summed E-state index contributed by atoms with van der Waals surface area (Å²) < 4.78 is 2.04. The number of nitrogens with zero attached hydrogens (tertiary/aromatic N) is 3. The Morgan fingerprint density at radius 2 is 2.22 bits per heavy atom. The first-order valence-corrected chi connectivity index (χ1v) is 6.99. The van der Waals surface area contributed by atoms with Gasteiger partial charge in [0.25, 0.3) is 0 Å². The van der Waals surface area contributed by atoms with Crippen LogP contribution in [0.1, 0.15) is 47.1 Å². The highest BCUT2D eigenvalue weighted by atomic mass is 15.3. The van der Waals surface area contributed by atoms with Crippen molar-refractivity contribution in [3.05, 3.63) is 12.4 Å². The quantitative estimate of drug-likeness (QED) is 0.894. The molecule has 4 heteroatoms. The standard InChI is InChI=1S/C14H26N4/c1-6-12-7-15-14(4,5)10-17(12)13-8-16-18(9-13)11(2)3/h8-9,11-12,15H,6-7,10H2,1-5H3. The molecule has 1 aromatic heterocycles. The summed E-state index contributed by atoms with van der Waals surface area (Å²) in [6, 6.07) is 0.998. The van der Waals surface area contributed by atoms with E-state index in [0.29, 0.717) is 12.1 Å². The molecule has 2 rings (SSSR count). The van der Waals surface area contributed by atoms with Crippen LogP contribution in [-0.2, 0) is 0 Å². The molecule has 18 heavy (non-hydrogen) atoms. The number of hydrogen-bond donors (Lipinski definition) is 1. The van der Waals surface area contributed by atoms with Crippen molar-refractivity contribution >= 4 is 5.69 Å². The highest BCUT2D eigenvalue weighted by Gasteiger charge is 2.32. The van der Waals surface area contributed by atoms with Crippen molar-refractivity contribution in [1.82, 2.24) is 15.1 Å². The molecule has 1 aliphatic heterocycles. The summed E-state index contributed by atoms with van der Waals surface area (Å²) in [4.78, 5) is 2.50. The second-order valence-corrected chi connectivity index (χ2v) is 6.23. The Morgan fingerprint density at radius 1 is 1.50 bits per heavy atom. The summed E-state index contributed by atoms with van der Waals surface area (Å²) in [6.45, 7) is 13.2. The van der Waals surface area contributed by atoms with E-state index in [1.165, 1.54) is 5.69 Å². The van der Waals surface area contributed by atoms with Gasteiger partial charge in [-0.2, -0.15) is 5.10 Å². The molecule has 1 saturated heterocycles. The lowest BCUT2D eigenvalue weighted by molar-refractivity contribution is 0.306. The SMILES string of the molecule is CCC1CNC(C)(C)CN1c1cnn(C(C)C)c1. The van der Waals surface area contributed by atoms with Crippen molar-refractivity contribution in [3.63, 3.8) is 0 Å². The molecule has 2 heterocycles. The van der Waals surface area contributed by atoms with E-state index in [-0.39, 0.29) is 5.54 Å². The number of rotatable bonds is 3. The van der Waals surface area contributed by atoms with Crippen molar-refractivity contribution in [3.8, 4) is 0 Å². The first-order valence-electron chi connectivity index (χ1n) is 6.99. The smallest absolute Gasteiger partial charge is 0.0756 e. The number of anilines is 1. The number of aromatic nitrogens is 2. The monoisotopic (exact) mass is 250 g/mol. The zero-order valence-corrected chi connectivity index (χ0v) is 12.3. The summed E-state index contributed by atoms with van der Waals surface area (Å²) in [5.74, 6) is 0. The van der Waals surface area contributed by atoms with Crippen LogP contribution in [0.15, 0.2) is 12.4 Å². The Bertz CT molecular complexity index is 394. The van der Waals surface area contributed by atoms with Crippen molar-refractivity contribution in [2.45, 2.75) is 58.7 Å². The summed E-state index contributed by atoms with van der Waals surface area (Å²) >= 11 is 0. The molecule has 1 atom stereocenters. The van der Waals surface area contributed by atoms with Crippen LogP contribution < -0.4 is 10.2 Å². The Kier molecular flexibility index (Phi) is 3.66. The maximum Gasteiger partial charge on any atom is 0.0756 e. The van der Waals surface area contributed by atoms with Gasteiger partial charge >= 0.3 is 0 Å². The van der Waals surface area contributed by atoms with Crippen molar-refractivity contribution < 1.29 is 0 Å². The Balaban J connectivity index is 2.21. The van der Waals surface area contributed by atoms with E-state index in [4.69, 9.17) is 0 Å². The third-order valence-corrected chi connectivity index (χ3v) is 3.74. The number of hydrogen-bond acceptors (Lipinski definition) is 3. The molecule has 0 aromatic carbocycles. The van der Waals surface area contributed by atoms with E-state index in [1.807, 2.05) is 10.9 Å². The first-order chi connectivity index (χ1) is 8.43. The lowest BCUT2D eigenvalue weighted by Gasteiger charge is -2.45. The third kappa shape index (κ3) is 2.69. The minimum Gasteiger partial charge on any atom is -0.363 e. The highest BCUT2D eigenvalue weighted by Crippen LogP contribution is 2.25. The summed E-state index contributed by atoms with van der Waals surface area (Å²) in [5, 5.41) is 8.08. The molecular formula is C14H26N4. The van der Waals surface area contributed by atoms with E-state index in [1.54, 1.807) is 0 Å². The molecule has 0 amide bonds. The van der Waals surface area contributed by atoms with Gasteiger partial charge in [0.15, 0.2) is 0 Å². The first kappa shape index (κ1) is 13.4. The van der Waals surface area contributed by atoms with Crippen LogP contribution in [0.25, 0.3) is 0 Å². The molecule has 0 radical (unpaired) electrons. The normalized spacial score (nSPS) is 23.7. The molecule has 1 aromatic rings. The Hall–Kier alpha value is -1.03. The van der Waals surface area contributed by atoms with Crippen LogP contribution in [0.3, 0.4) is 0 Å². The molecule has 0 bridgehead atoms. The molecule has 102 valence electrons. The van der Waals surface area contributed by atoms with Crippen LogP contribution >= 0.6 is 0 Å². The van der Waals surface area contributed by atoms with E-state index in [9.17, 15) is 0 Å². The van der Waals surface area contributed by atoms with Crippen LogP contribution in [0, 0.1) is 0 Å². The zero-order chi connectivity index (χ0) is 13.3. The van der Waals surface area contributed by atoms with Gasteiger partial charge in [-0.3, -0.25) is 4.68 Å². The van der Waals surface area contributed by atoms with Crippen LogP contribution in [0.5, 0.6) is 0 Å². The second-order valence-electron chi connectivity index (χ2n) is 6.23. The molecule has 0 aliphatic carbocycles. The van der Waals surface area contributed by atoms with Gasteiger partial charge < -0.3 is 10.2 Å². The van der Waals surface area contributed by atoms with Crippen molar-refractivity contribution in [2.75, 3.05) is 18.0 Å². The molecular weight excluding hydrogens is 224 g/mol. The fourth-order valence-corrected chi connectivity index (χ4v) is 2.54. The topological polar surface area (TPSA) is 33.1 Å². The van der Waals surface area contributed by atoms with Gasteiger partial charge in [0.05, 0.1) is 11.9 Å².